The van der Waals surface area contributed by atoms with Gasteiger partial charge in [-0.15, -0.1) is 0 Å². The van der Waals surface area contributed by atoms with Crippen LogP contribution in [0.2, 0.25) is 10.0 Å². The van der Waals surface area contributed by atoms with Gasteiger partial charge in [0.1, 0.15) is 0 Å². The van der Waals surface area contributed by atoms with Gasteiger partial charge in [-0.05, 0) is 19.5 Å². The molecule has 1 rings (SSSR count). The van der Waals surface area contributed by atoms with Crippen molar-refractivity contribution in [3.8, 4) is 0 Å². The van der Waals surface area contributed by atoms with Crippen LogP contribution in [0.15, 0.2) is 18.2 Å². The number of alkyl halides is 3. The number of benzene rings is 1. The SMILES string of the molecule is CN(CCC(O)c1cccc(Cl)c1Cl)CCC(F)(F)F. The molecule has 20 heavy (non-hydrogen) atoms. The Morgan fingerprint density at radius 1 is 1.25 bits per heavy atom. The number of halogens is 5. The standard InChI is InChI=1S/C13H16Cl2F3NO/c1-19(8-6-13(16,17)18)7-5-11(20)9-3-2-4-10(14)12(9)15/h2-4,11,20H,5-8H2,1H3. The van der Waals surface area contributed by atoms with Gasteiger partial charge in [0.2, 0.25) is 0 Å². The van der Waals surface area contributed by atoms with Gasteiger partial charge in [0.05, 0.1) is 22.6 Å². The molecule has 0 saturated carbocycles. The van der Waals surface area contributed by atoms with Crippen LogP contribution >= 0.6 is 23.2 Å². The van der Waals surface area contributed by atoms with Crippen molar-refractivity contribution in [3.63, 3.8) is 0 Å². The zero-order valence-electron chi connectivity index (χ0n) is 10.9. The number of nitrogens with zero attached hydrogens (tertiary/aromatic N) is 1. The van der Waals surface area contributed by atoms with Crippen LogP contribution in [0.25, 0.3) is 0 Å². The molecule has 1 aromatic carbocycles. The van der Waals surface area contributed by atoms with E-state index in [1.54, 1.807) is 25.2 Å². The van der Waals surface area contributed by atoms with E-state index in [2.05, 4.69) is 0 Å². The first-order chi connectivity index (χ1) is 9.20. The Kier molecular flexibility index (Phi) is 6.58. The van der Waals surface area contributed by atoms with Crippen molar-refractivity contribution in [1.82, 2.24) is 4.90 Å². The van der Waals surface area contributed by atoms with Gasteiger partial charge in [0, 0.05) is 18.7 Å². The van der Waals surface area contributed by atoms with Crippen LogP contribution in [-0.4, -0.2) is 36.3 Å². The van der Waals surface area contributed by atoms with Crippen LogP contribution in [-0.2, 0) is 0 Å². The first kappa shape index (κ1) is 17.6. The molecule has 0 spiro atoms. The number of rotatable bonds is 6. The van der Waals surface area contributed by atoms with Crippen LogP contribution in [0, 0.1) is 0 Å². The van der Waals surface area contributed by atoms with Crippen molar-refractivity contribution in [3.05, 3.63) is 33.8 Å². The summed E-state index contributed by atoms with van der Waals surface area (Å²) in [5, 5.41) is 10.6. The average Bonchev–Trinajstić information content (AvgIpc) is 2.36. The summed E-state index contributed by atoms with van der Waals surface area (Å²) in [6.45, 7) is 0.236. The molecule has 0 radical (unpaired) electrons. The Labute approximate surface area is 126 Å². The Balaban J connectivity index is 2.47. The van der Waals surface area contributed by atoms with Gasteiger partial charge in [0.25, 0.3) is 0 Å². The quantitative estimate of drug-likeness (QED) is 0.841. The fourth-order valence-corrected chi connectivity index (χ4v) is 2.14. The van der Waals surface area contributed by atoms with E-state index in [9.17, 15) is 18.3 Å². The van der Waals surface area contributed by atoms with Crippen molar-refractivity contribution in [2.75, 3.05) is 20.1 Å². The maximum atomic E-state index is 12.1. The summed E-state index contributed by atoms with van der Waals surface area (Å²) in [5.41, 5.74) is 0.489. The Hall–Kier alpha value is -0.490. The van der Waals surface area contributed by atoms with Gasteiger partial charge in [-0.2, -0.15) is 13.2 Å². The lowest BCUT2D eigenvalue weighted by Crippen LogP contribution is -2.26. The average molecular weight is 330 g/mol. The molecule has 1 N–H and O–H groups in total. The largest absolute Gasteiger partial charge is 0.390 e. The van der Waals surface area contributed by atoms with E-state index in [1.165, 1.54) is 4.90 Å². The van der Waals surface area contributed by atoms with E-state index < -0.39 is 18.7 Å². The van der Waals surface area contributed by atoms with E-state index >= 15 is 0 Å². The lowest BCUT2D eigenvalue weighted by Gasteiger charge is -2.20. The zero-order valence-corrected chi connectivity index (χ0v) is 12.4. The van der Waals surface area contributed by atoms with E-state index in [0.29, 0.717) is 17.1 Å². The molecular weight excluding hydrogens is 314 g/mol. The van der Waals surface area contributed by atoms with Crippen LogP contribution < -0.4 is 0 Å². The van der Waals surface area contributed by atoms with E-state index in [1.807, 2.05) is 0 Å². The molecule has 0 aromatic heterocycles. The molecule has 1 atom stereocenters. The van der Waals surface area contributed by atoms with Crippen molar-refractivity contribution < 1.29 is 18.3 Å². The molecule has 7 heteroatoms. The number of hydrogen-bond donors (Lipinski definition) is 1. The molecule has 0 heterocycles. The molecule has 2 nitrogen and oxygen atoms in total. The van der Waals surface area contributed by atoms with Crippen LogP contribution in [0.1, 0.15) is 24.5 Å². The molecular formula is C13H16Cl2F3NO. The van der Waals surface area contributed by atoms with Crippen LogP contribution in [0.5, 0.6) is 0 Å². The first-order valence-corrected chi connectivity index (χ1v) is 6.83. The van der Waals surface area contributed by atoms with Gasteiger partial charge in [-0.25, -0.2) is 0 Å². The minimum atomic E-state index is -4.16. The van der Waals surface area contributed by atoms with Crippen molar-refractivity contribution >= 4 is 23.2 Å². The molecule has 1 unspecified atom stereocenters. The predicted molar refractivity (Wildman–Crippen MR) is 74.2 cm³/mol. The Morgan fingerprint density at radius 3 is 2.50 bits per heavy atom. The lowest BCUT2D eigenvalue weighted by atomic mass is 10.1. The summed E-state index contributed by atoms with van der Waals surface area (Å²) in [6, 6.07) is 4.92. The number of hydrogen-bond acceptors (Lipinski definition) is 2. The molecule has 1 aromatic rings. The second kappa shape index (κ2) is 7.50. The lowest BCUT2D eigenvalue weighted by molar-refractivity contribution is -0.137. The fraction of sp³-hybridized carbons (Fsp3) is 0.538. The number of aliphatic hydroxyl groups is 1. The van der Waals surface area contributed by atoms with Crippen molar-refractivity contribution in [2.45, 2.75) is 25.1 Å². The first-order valence-electron chi connectivity index (χ1n) is 6.08. The van der Waals surface area contributed by atoms with Gasteiger partial charge < -0.3 is 10.0 Å². The summed E-state index contributed by atoms with van der Waals surface area (Å²) < 4.78 is 36.2. The summed E-state index contributed by atoms with van der Waals surface area (Å²) in [4.78, 5) is 1.52. The zero-order chi connectivity index (χ0) is 15.3. The fourth-order valence-electron chi connectivity index (χ4n) is 1.71. The minimum Gasteiger partial charge on any atom is -0.388 e. The smallest absolute Gasteiger partial charge is 0.388 e. The molecule has 0 bridgehead atoms. The summed E-state index contributed by atoms with van der Waals surface area (Å²) in [7, 11) is 1.58. The Morgan fingerprint density at radius 2 is 1.90 bits per heavy atom. The summed E-state index contributed by atoms with van der Waals surface area (Å²) in [6.07, 6.45) is -5.59. The van der Waals surface area contributed by atoms with Gasteiger partial charge in [-0.3, -0.25) is 0 Å². The summed E-state index contributed by atoms with van der Waals surface area (Å²) >= 11 is 11.8. The van der Waals surface area contributed by atoms with Gasteiger partial charge in [0.15, 0.2) is 0 Å². The summed E-state index contributed by atoms with van der Waals surface area (Å²) in [5.74, 6) is 0. The highest BCUT2D eigenvalue weighted by Crippen LogP contribution is 2.31. The highest BCUT2D eigenvalue weighted by atomic mass is 35.5. The predicted octanol–water partition coefficient (Wildman–Crippen LogP) is 4.30. The maximum absolute atomic E-state index is 12.1. The third-order valence-corrected chi connectivity index (χ3v) is 3.74. The second-order valence-corrected chi connectivity index (χ2v) is 5.40. The van der Waals surface area contributed by atoms with Gasteiger partial charge >= 0.3 is 6.18 Å². The molecule has 0 aliphatic carbocycles. The van der Waals surface area contributed by atoms with E-state index in [-0.39, 0.29) is 18.0 Å². The van der Waals surface area contributed by atoms with Crippen LogP contribution in [0.4, 0.5) is 13.2 Å². The van der Waals surface area contributed by atoms with E-state index in [0.717, 1.165) is 0 Å². The van der Waals surface area contributed by atoms with Gasteiger partial charge in [-0.1, -0.05) is 35.3 Å². The van der Waals surface area contributed by atoms with Crippen molar-refractivity contribution in [1.29, 1.82) is 0 Å². The van der Waals surface area contributed by atoms with Crippen molar-refractivity contribution in [2.24, 2.45) is 0 Å². The third-order valence-electron chi connectivity index (χ3n) is 2.90. The molecule has 0 amide bonds. The molecule has 0 aliphatic rings. The maximum Gasteiger partial charge on any atom is 0.390 e. The number of aliphatic hydroxyl groups excluding tert-OH is 1. The monoisotopic (exact) mass is 329 g/mol. The molecule has 0 aliphatic heterocycles. The normalized spacial score (nSPS) is 13.8. The molecule has 0 fully saturated rings. The topological polar surface area (TPSA) is 23.5 Å². The van der Waals surface area contributed by atoms with Crippen LogP contribution in [0.3, 0.4) is 0 Å². The molecule has 114 valence electrons. The third kappa shape index (κ3) is 5.87. The highest BCUT2D eigenvalue weighted by Gasteiger charge is 2.27. The molecule has 0 saturated heterocycles. The Bertz CT molecular complexity index is 440. The minimum absolute atomic E-state index is 0.0977. The van der Waals surface area contributed by atoms with E-state index in [4.69, 9.17) is 23.2 Å². The highest BCUT2D eigenvalue weighted by molar-refractivity contribution is 6.42. The second-order valence-electron chi connectivity index (χ2n) is 4.62.